The normalized spacial score (nSPS) is 17.1. The molecule has 1 aromatic heterocycles. The number of sulfonamides is 1. The maximum atomic E-state index is 13.4. The minimum absolute atomic E-state index is 0.0238. The standard InChI is InChI=1S/C21H17BrN2O5S/c22-15-8-10-18(11-9-15)30(27,28)23(14-17-7-4-12-29-17)19-13-20(25)24(21(19)26)16-5-2-1-3-6-16/h1-12,19H,13-14H2. The topological polar surface area (TPSA) is 87.9 Å². The van der Waals surface area contributed by atoms with Crippen LogP contribution in [0, 0.1) is 0 Å². The zero-order chi connectivity index (χ0) is 21.3. The lowest BCUT2D eigenvalue weighted by atomic mass is 10.2. The van der Waals surface area contributed by atoms with E-state index in [1.807, 2.05) is 0 Å². The Morgan fingerprint density at radius 1 is 1.00 bits per heavy atom. The van der Waals surface area contributed by atoms with E-state index in [-0.39, 0.29) is 17.9 Å². The molecule has 0 saturated carbocycles. The van der Waals surface area contributed by atoms with Gasteiger partial charge in [-0.3, -0.25) is 9.59 Å². The summed E-state index contributed by atoms with van der Waals surface area (Å²) in [7, 11) is -4.09. The number of amides is 2. The van der Waals surface area contributed by atoms with Crippen LogP contribution in [-0.4, -0.2) is 30.6 Å². The van der Waals surface area contributed by atoms with Crippen LogP contribution in [0.15, 0.2) is 86.8 Å². The summed E-state index contributed by atoms with van der Waals surface area (Å²) in [6.07, 6.45) is 1.18. The van der Waals surface area contributed by atoms with Crippen LogP contribution in [0.2, 0.25) is 0 Å². The van der Waals surface area contributed by atoms with Crippen molar-refractivity contribution in [3.05, 3.63) is 83.2 Å². The summed E-state index contributed by atoms with van der Waals surface area (Å²) < 4.78 is 34.0. The number of halogens is 1. The molecule has 0 spiro atoms. The van der Waals surface area contributed by atoms with E-state index in [1.165, 1.54) is 18.4 Å². The number of furan rings is 1. The fourth-order valence-corrected chi connectivity index (χ4v) is 5.16. The Bertz CT molecular complexity index is 1160. The number of hydrogen-bond donors (Lipinski definition) is 0. The maximum Gasteiger partial charge on any atom is 0.252 e. The van der Waals surface area contributed by atoms with Gasteiger partial charge in [-0.1, -0.05) is 34.1 Å². The zero-order valence-corrected chi connectivity index (χ0v) is 18.0. The van der Waals surface area contributed by atoms with Gasteiger partial charge in [-0.05, 0) is 48.5 Å². The highest BCUT2D eigenvalue weighted by molar-refractivity contribution is 9.10. The molecule has 2 aromatic carbocycles. The van der Waals surface area contributed by atoms with E-state index in [2.05, 4.69) is 15.9 Å². The second-order valence-electron chi connectivity index (χ2n) is 6.71. The molecular formula is C21H17BrN2O5S. The predicted octanol–water partition coefficient (Wildman–Crippen LogP) is 3.57. The van der Waals surface area contributed by atoms with Crippen LogP contribution in [-0.2, 0) is 26.2 Å². The Morgan fingerprint density at radius 3 is 2.33 bits per heavy atom. The van der Waals surface area contributed by atoms with Gasteiger partial charge in [-0.2, -0.15) is 4.31 Å². The minimum Gasteiger partial charge on any atom is -0.468 e. The third kappa shape index (κ3) is 3.83. The highest BCUT2D eigenvalue weighted by Crippen LogP contribution is 2.31. The van der Waals surface area contributed by atoms with Gasteiger partial charge in [0.2, 0.25) is 15.9 Å². The summed E-state index contributed by atoms with van der Waals surface area (Å²) in [5.74, 6) is -0.667. The van der Waals surface area contributed by atoms with E-state index >= 15 is 0 Å². The third-order valence-corrected chi connectivity index (χ3v) is 7.19. The van der Waals surface area contributed by atoms with Gasteiger partial charge >= 0.3 is 0 Å². The van der Waals surface area contributed by atoms with Crippen LogP contribution in [0.1, 0.15) is 12.2 Å². The Balaban J connectivity index is 1.74. The molecule has 7 nitrogen and oxygen atoms in total. The monoisotopic (exact) mass is 488 g/mol. The number of rotatable bonds is 6. The van der Waals surface area contributed by atoms with Gasteiger partial charge in [0.25, 0.3) is 5.91 Å². The maximum absolute atomic E-state index is 13.4. The van der Waals surface area contributed by atoms with Crippen molar-refractivity contribution in [3.8, 4) is 0 Å². The SMILES string of the molecule is O=C1CC(N(Cc2ccco2)S(=O)(=O)c2ccc(Br)cc2)C(=O)N1c1ccccc1. The number of para-hydroxylation sites is 1. The smallest absolute Gasteiger partial charge is 0.252 e. The quantitative estimate of drug-likeness (QED) is 0.495. The second kappa shape index (κ2) is 8.17. The molecule has 1 aliphatic heterocycles. The molecule has 1 fully saturated rings. The number of carbonyl (C=O) groups is 2. The lowest BCUT2D eigenvalue weighted by Gasteiger charge is -2.26. The highest BCUT2D eigenvalue weighted by Gasteiger charge is 2.47. The van der Waals surface area contributed by atoms with Crippen LogP contribution in [0.25, 0.3) is 0 Å². The lowest BCUT2D eigenvalue weighted by Crippen LogP contribution is -2.45. The van der Waals surface area contributed by atoms with Crippen molar-refractivity contribution >= 4 is 43.5 Å². The van der Waals surface area contributed by atoms with Crippen LogP contribution in [0.3, 0.4) is 0 Å². The first-order valence-electron chi connectivity index (χ1n) is 9.09. The number of carbonyl (C=O) groups excluding carboxylic acids is 2. The molecule has 1 unspecified atom stereocenters. The molecule has 0 aliphatic carbocycles. The van der Waals surface area contributed by atoms with E-state index in [0.717, 1.165) is 13.7 Å². The van der Waals surface area contributed by atoms with Crippen LogP contribution in [0.5, 0.6) is 0 Å². The number of anilines is 1. The molecule has 0 radical (unpaired) electrons. The van der Waals surface area contributed by atoms with Crippen molar-refractivity contribution in [1.82, 2.24) is 4.31 Å². The molecule has 9 heteroatoms. The summed E-state index contributed by atoms with van der Waals surface area (Å²) in [4.78, 5) is 26.9. The zero-order valence-electron chi connectivity index (χ0n) is 15.6. The first-order chi connectivity index (χ1) is 14.4. The summed E-state index contributed by atoms with van der Waals surface area (Å²) >= 11 is 3.29. The van der Waals surface area contributed by atoms with Crippen molar-refractivity contribution in [3.63, 3.8) is 0 Å². The average Bonchev–Trinajstić information content (AvgIpc) is 3.34. The Morgan fingerprint density at radius 2 is 1.70 bits per heavy atom. The fraction of sp³-hybridized carbons (Fsp3) is 0.143. The van der Waals surface area contributed by atoms with E-state index in [9.17, 15) is 18.0 Å². The molecule has 2 heterocycles. The van der Waals surface area contributed by atoms with E-state index < -0.39 is 27.9 Å². The fourth-order valence-electron chi connectivity index (χ4n) is 3.35. The van der Waals surface area contributed by atoms with Crippen LogP contribution < -0.4 is 4.90 Å². The van der Waals surface area contributed by atoms with Gasteiger partial charge in [0.05, 0.1) is 29.8 Å². The molecular weight excluding hydrogens is 472 g/mol. The molecule has 1 atom stereocenters. The Labute approximate surface area is 182 Å². The molecule has 4 rings (SSSR count). The summed E-state index contributed by atoms with van der Waals surface area (Å²) in [5.41, 5.74) is 0.411. The molecule has 1 aliphatic rings. The van der Waals surface area contributed by atoms with E-state index in [1.54, 1.807) is 54.6 Å². The predicted molar refractivity (Wildman–Crippen MR) is 113 cm³/mol. The van der Waals surface area contributed by atoms with Gasteiger partial charge in [0.15, 0.2) is 0 Å². The third-order valence-electron chi connectivity index (χ3n) is 4.80. The van der Waals surface area contributed by atoms with Gasteiger partial charge in [0, 0.05) is 4.47 Å². The number of benzene rings is 2. The largest absolute Gasteiger partial charge is 0.468 e. The molecule has 30 heavy (non-hydrogen) atoms. The van der Waals surface area contributed by atoms with E-state index in [4.69, 9.17) is 4.42 Å². The number of hydrogen-bond acceptors (Lipinski definition) is 5. The highest BCUT2D eigenvalue weighted by atomic mass is 79.9. The minimum atomic E-state index is -4.09. The van der Waals surface area contributed by atoms with Gasteiger partial charge in [-0.15, -0.1) is 0 Å². The summed E-state index contributed by atoms with van der Waals surface area (Å²) in [5, 5.41) is 0. The van der Waals surface area contributed by atoms with Crippen molar-refractivity contribution in [2.45, 2.75) is 23.9 Å². The number of nitrogens with zero attached hydrogens (tertiary/aromatic N) is 2. The average molecular weight is 489 g/mol. The van der Waals surface area contributed by atoms with Crippen LogP contribution in [0.4, 0.5) is 5.69 Å². The molecule has 3 aromatic rings. The first kappa shape index (κ1) is 20.5. The van der Waals surface area contributed by atoms with Crippen molar-refractivity contribution < 1.29 is 22.4 Å². The Kier molecular flexibility index (Phi) is 5.59. The number of imide groups is 1. The Hall–Kier alpha value is -2.75. The summed E-state index contributed by atoms with van der Waals surface area (Å²) in [6, 6.07) is 16.7. The first-order valence-corrected chi connectivity index (χ1v) is 11.3. The lowest BCUT2D eigenvalue weighted by molar-refractivity contribution is -0.122. The van der Waals surface area contributed by atoms with Crippen molar-refractivity contribution in [1.29, 1.82) is 0 Å². The van der Waals surface area contributed by atoms with Crippen molar-refractivity contribution in [2.75, 3.05) is 4.90 Å². The van der Waals surface area contributed by atoms with Gasteiger partial charge in [0.1, 0.15) is 11.8 Å². The second-order valence-corrected chi connectivity index (χ2v) is 9.51. The molecule has 1 saturated heterocycles. The molecule has 2 amide bonds. The van der Waals surface area contributed by atoms with Gasteiger partial charge in [-0.25, -0.2) is 13.3 Å². The molecule has 154 valence electrons. The van der Waals surface area contributed by atoms with Crippen molar-refractivity contribution in [2.24, 2.45) is 0 Å². The van der Waals surface area contributed by atoms with E-state index in [0.29, 0.717) is 11.4 Å². The van der Waals surface area contributed by atoms with Gasteiger partial charge < -0.3 is 4.42 Å². The summed E-state index contributed by atoms with van der Waals surface area (Å²) in [6.45, 7) is -0.169. The molecule has 0 bridgehead atoms. The molecule has 0 N–H and O–H groups in total. The van der Waals surface area contributed by atoms with Crippen LogP contribution >= 0.6 is 15.9 Å².